The van der Waals surface area contributed by atoms with E-state index >= 15 is 0 Å². The van der Waals surface area contributed by atoms with Crippen molar-refractivity contribution < 1.29 is 0 Å². The Morgan fingerprint density at radius 1 is 1.27 bits per heavy atom. The van der Waals surface area contributed by atoms with Gasteiger partial charge in [0.05, 0.1) is 6.07 Å². The Morgan fingerprint density at radius 2 is 1.87 bits per heavy atom. The molecule has 1 unspecified atom stereocenters. The van der Waals surface area contributed by atoms with Gasteiger partial charge in [0.2, 0.25) is 6.19 Å². The fraction of sp³-hybridized carbons (Fsp3) is 0.727. The summed E-state index contributed by atoms with van der Waals surface area (Å²) in [5.74, 6) is 0.362. The number of hydrogen-bond donors (Lipinski definition) is 0. The average molecular weight is 206 g/mol. The minimum atomic E-state index is -0.255. The van der Waals surface area contributed by atoms with E-state index in [9.17, 15) is 0 Å². The lowest BCUT2D eigenvalue weighted by Gasteiger charge is -2.24. The Balaban J connectivity index is 4.88. The van der Waals surface area contributed by atoms with Crippen LogP contribution in [0.15, 0.2) is 4.99 Å². The van der Waals surface area contributed by atoms with Gasteiger partial charge in [-0.2, -0.15) is 15.5 Å². The smallest absolute Gasteiger partial charge is 0.207 e. The second-order valence-electron chi connectivity index (χ2n) is 3.21. The highest BCUT2D eigenvalue weighted by atomic mass is 15.2. The molecule has 0 aliphatic carbocycles. The lowest BCUT2D eigenvalue weighted by atomic mass is 10.0. The Kier molecular flexibility index (Phi) is 7.01. The molecule has 0 bridgehead atoms. The standard InChI is InChI=1S/C11H18N4/c1-4-7-10(8-12)11(14-9-13)15(5-2)6-3/h10H,4-7H2,1-3H3. The van der Waals surface area contributed by atoms with Crippen LogP contribution in [0.2, 0.25) is 0 Å². The zero-order valence-electron chi connectivity index (χ0n) is 9.69. The zero-order chi connectivity index (χ0) is 11.7. The van der Waals surface area contributed by atoms with E-state index < -0.39 is 0 Å². The van der Waals surface area contributed by atoms with Crippen LogP contribution >= 0.6 is 0 Å². The van der Waals surface area contributed by atoms with Crippen molar-refractivity contribution in [2.24, 2.45) is 10.9 Å². The maximum Gasteiger partial charge on any atom is 0.207 e. The van der Waals surface area contributed by atoms with Crippen molar-refractivity contribution in [1.29, 1.82) is 10.5 Å². The van der Waals surface area contributed by atoms with Crippen LogP contribution in [0, 0.1) is 28.7 Å². The van der Waals surface area contributed by atoms with E-state index in [0.29, 0.717) is 5.84 Å². The fourth-order valence-corrected chi connectivity index (χ4v) is 1.51. The predicted octanol–water partition coefficient (Wildman–Crippen LogP) is 2.15. The first-order valence-corrected chi connectivity index (χ1v) is 5.36. The molecule has 0 aromatic rings. The first-order chi connectivity index (χ1) is 7.24. The van der Waals surface area contributed by atoms with Crippen LogP contribution in [-0.2, 0) is 0 Å². The minimum Gasteiger partial charge on any atom is -0.359 e. The van der Waals surface area contributed by atoms with Crippen LogP contribution in [0.25, 0.3) is 0 Å². The van der Waals surface area contributed by atoms with Crippen LogP contribution in [0.1, 0.15) is 33.6 Å². The van der Waals surface area contributed by atoms with Crippen molar-refractivity contribution in [1.82, 2.24) is 4.90 Å². The van der Waals surface area contributed by atoms with E-state index in [1.54, 1.807) is 6.19 Å². The molecule has 0 aromatic carbocycles. The van der Waals surface area contributed by atoms with Gasteiger partial charge < -0.3 is 4.90 Å². The molecule has 1 atom stereocenters. The first kappa shape index (κ1) is 13.4. The van der Waals surface area contributed by atoms with Gasteiger partial charge in [-0.3, -0.25) is 0 Å². The molecule has 0 heterocycles. The van der Waals surface area contributed by atoms with Crippen molar-refractivity contribution in [3.05, 3.63) is 0 Å². The molecule has 0 saturated carbocycles. The van der Waals surface area contributed by atoms with Crippen LogP contribution in [0.4, 0.5) is 0 Å². The molecule has 0 rings (SSSR count). The maximum atomic E-state index is 9.03. The molecular formula is C11H18N4. The molecule has 15 heavy (non-hydrogen) atoms. The van der Waals surface area contributed by atoms with E-state index in [1.165, 1.54) is 0 Å². The molecule has 0 amide bonds. The summed E-state index contributed by atoms with van der Waals surface area (Å²) in [5, 5.41) is 17.6. The molecule has 0 aliphatic heterocycles. The molecule has 0 aromatic heterocycles. The van der Waals surface area contributed by atoms with Crippen molar-refractivity contribution in [2.45, 2.75) is 33.6 Å². The summed E-state index contributed by atoms with van der Waals surface area (Å²) in [7, 11) is 0. The third kappa shape index (κ3) is 3.99. The summed E-state index contributed by atoms with van der Waals surface area (Å²) in [6.45, 7) is 7.57. The number of nitriles is 2. The Labute approximate surface area is 91.8 Å². The number of nitrogens with zero attached hydrogens (tertiary/aromatic N) is 4. The van der Waals surface area contributed by atoms with Gasteiger partial charge in [0.25, 0.3) is 0 Å². The zero-order valence-corrected chi connectivity index (χ0v) is 9.69. The molecule has 0 spiro atoms. The predicted molar refractivity (Wildman–Crippen MR) is 60.0 cm³/mol. The molecular weight excluding hydrogens is 188 g/mol. The Morgan fingerprint density at radius 3 is 2.20 bits per heavy atom. The lowest BCUT2D eigenvalue weighted by Crippen LogP contribution is -2.35. The third-order valence-electron chi connectivity index (χ3n) is 2.30. The SMILES string of the molecule is CCCC(C#N)C(=NC#N)N(CC)CC. The highest BCUT2D eigenvalue weighted by molar-refractivity contribution is 5.87. The van der Waals surface area contributed by atoms with Crippen molar-refractivity contribution in [3.63, 3.8) is 0 Å². The number of aliphatic imine (C=N–C) groups is 1. The second kappa shape index (κ2) is 7.82. The topological polar surface area (TPSA) is 63.2 Å². The van der Waals surface area contributed by atoms with Gasteiger partial charge in [-0.1, -0.05) is 13.3 Å². The van der Waals surface area contributed by atoms with E-state index in [-0.39, 0.29) is 5.92 Å². The third-order valence-corrected chi connectivity index (χ3v) is 2.30. The van der Waals surface area contributed by atoms with Gasteiger partial charge in [0, 0.05) is 13.1 Å². The highest BCUT2D eigenvalue weighted by Crippen LogP contribution is 2.11. The van der Waals surface area contributed by atoms with E-state index in [1.807, 2.05) is 25.7 Å². The van der Waals surface area contributed by atoms with Gasteiger partial charge in [-0.25, -0.2) is 0 Å². The summed E-state index contributed by atoms with van der Waals surface area (Å²) in [6.07, 6.45) is 3.46. The monoisotopic (exact) mass is 206 g/mol. The van der Waals surface area contributed by atoms with Gasteiger partial charge in [-0.15, -0.1) is 0 Å². The molecule has 0 N–H and O–H groups in total. The minimum absolute atomic E-state index is 0.255. The maximum absolute atomic E-state index is 9.03. The van der Waals surface area contributed by atoms with Crippen LogP contribution in [0.5, 0.6) is 0 Å². The number of rotatable bonds is 5. The average Bonchev–Trinajstić information content (AvgIpc) is 2.26. The van der Waals surface area contributed by atoms with Crippen LogP contribution < -0.4 is 0 Å². The highest BCUT2D eigenvalue weighted by Gasteiger charge is 2.19. The quantitative estimate of drug-likeness (QED) is 0.393. The molecule has 0 fully saturated rings. The summed E-state index contributed by atoms with van der Waals surface area (Å²) < 4.78 is 0. The fourth-order valence-electron chi connectivity index (χ4n) is 1.51. The van der Waals surface area contributed by atoms with Gasteiger partial charge in [0.1, 0.15) is 11.8 Å². The van der Waals surface area contributed by atoms with Crippen molar-refractivity contribution in [2.75, 3.05) is 13.1 Å². The van der Waals surface area contributed by atoms with E-state index in [4.69, 9.17) is 10.5 Å². The van der Waals surface area contributed by atoms with Crippen molar-refractivity contribution in [3.8, 4) is 12.3 Å². The summed E-state index contributed by atoms with van der Waals surface area (Å²) >= 11 is 0. The number of amidine groups is 1. The van der Waals surface area contributed by atoms with Gasteiger partial charge in [-0.05, 0) is 20.3 Å². The molecule has 82 valence electrons. The van der Waals surface area contributed by atoms with Gasteiger partial charge >= 0.3 is 0 Å². The molecule has 0 saturated heterocycles. The van der Waals surface area contributed by atoms with Crippen LogP contribution in [-0.4, -0.2) is 23.8 Å². The molecule has 0 radical (unpaired) electrons. The van der Waals surface area contributed by atoms with E-state index in [0.717, 1.165) is 25.9 Å². The Hall–Kier alpha value is -1.55. The summed E-state index contributed by atoms with van der Waals surface area (Å²) in [6, 6.07) is 2.21. The number of hydrogen-bond acceptors (Lipinski definition) is 3. The lowest BCUT2D eigenvalue weighted by molar-refractivity contribution is 0.440. The summed E-state index contributed by atoms with van der Waals surface area (Å²) in [5.41, 5.74) is 0. The first-order valence-electron chi connectivity index (χ1n) is 5.36. The Bertz CT molecular complexity index is 278. The summed E-state index contributed by atoms with van der Waals surface area (Å²) in [4.78, 5) is 5.75. The second-order valence-corrected chi connectivity index (χ2v) is 3.21. The van der Waals surface area contributed by atoms with Crippen LogP contribution in [0.3, 0.4) is 0 Å². The van der Waals surface area contributed by atoms with E-state index in [2.05, 4.69) is 11.1 Å². The van der Waals surface area contributed by atoms with Crippen molar-refractivity contribution >= 4 is 5.84 Å². The normalized spacial score (nSPS) is 12.7. The van der Waals surface area contributed by atoms with Gasteiger partial charge in [0.15, 0.2) is 0 Å². The molecule has 0 aliphatic rings. The molecule has 4 nitrogen and oxygen atoms in total. The largest absolute Gasteiger partial charge is 0.359 e. The molecule has 4 heteroatoms.